The van der Waals surface area contributed by atoms with Crippen LogP contribution in [0.1, 0.15) is 70.3 Å². The lowest BCUT2D eigenvalue weighted by molar-refractivity contribution is 0.285. The van der Waals surface area contributed by atoms with E-state index in [-0.39, 0.29) is 0 Å². The van der Waals surface area contributed by atoms with Crippen LogP contribution in [-0.4, -0.2) is 19.8 Å². The second-order valence-electron chi connectivity index (χ2n) is 6.61. The van der Waals surface area contributed by atoms with Crippen molar-refractivity contribution in [2.45, 2.75) is 77.3 Å². The molecule has 0 spiro atoms. The summed E-state index contributed by atoms with van der Waals surface area (Å²) in [5.74, 6) is 1.72. The van der Waals surface area contributed by atoms with Crippen LogP contribution in [0.2, 0.25) is 0 Å². The molecule has 1 aromatic carbocycles. The number of hydrogen-bond donors (Lipinski definition) is 1. The van der Waals surface area contributed by atoms with Crippen LogP contribution in [0.4, 0.5) is 0 Å². The molecule has 0 saturated heterocycles. The molecule has 3 nitrogen and oxygen atoms in total. The molecule has 0 atom stereocenters. The normalized spacial score (nSPS) is 15.6. The molecule has 0 bridgehead atoms. The van der Waals surface area contributed by atoms with Crippen molar-refractivity contribution in [2.75, 3.05) is 13.7 Å². The molecule has 0 aliphatic heterocycles. The third-order valence-corrected chi connectivity index (χ3v) is 4.68. The van der Waals surface area contributed by atoms with E-state index < -0.39 is 0 Å². The molecule has 130 valence electrons. The Morgan fingerprint density at radius 3 is 2.61 bits per heavy atom. The first-order chi connectivity index (χ1) is 11.3. The molecule has 0 radical (unpaired) electrons. The summed E-state index contributed by atoms with van der Waals surface area (Å²) in [6, 6.07) is 7.00. The highest BCUT2D eigenvalue weighted by Crippen LogP contribution is 2.28. The SMILES string of the molecule is CCCCCCOc1ccc(CNC2CCCCC2)cc1OC. The van der Waals surface area contributed by atoms with E-state index >= 15 is 0 Å². The van der Waals surface area contributed by atoms with E-state index in [1.54, 1.807) is 7.11 Å². The van der Waals surface area contributed by atoms with Gasteiger partial charge >= 0.3 is 0 Å². The Hall–Kier alpha value is -1.22. The average Bonchev–Trinajstić information content (AvgIpc) is 2.61. The lowest BCUT2D eigenvalue weighted by atomic mass is 9.95. The third-order valence-electron chi connectivity index (χ3n) is 4.68. The maximum Gasteiger partial charge on any atom is 0.161 e. The van der Waals surface area contributed by atoms with Crippen molar-refractivity contribution in [2.24, 2.45) is 0 Å². The number of unbranched alkanes of at least 4 members (excludes halogenated alkanes) is 3. The first-order valence-corrected chi connectivity index (χ1v) is 9.36. The van der Waals surface area contributed by atoms with E-state index in [2.05, 4.69) is 30.4 Å². The minimum Gasteiger partial charge on any atom is -0.493 e. The molecule has 1 saturated carbocycles. The van der Waals surface area contributed by atoms with Crippen LogP contribution in [-0.2, 0) is 6.54 Å². The standard InChI is InChI=1S/C20H33NO2/c1-3-4-5-9-14-23-19-13-12-17(15-20(19)22-2)16-21-18-10-7-6-8-11-18/h12-13,15,18,21H,3-11,14,16H2,1-2H3. The highest BCUT2D eigenvalue weighted by molar-refractivity contribution is 5.42. The van der Waals surface area contributed by atoms with Crippen LogP contribution < -0.4 is 14.8 Å². The van der Waals surface area contributed by atoms with Gasteiger partial charge in [-0.1, -0.05) is 51.5 Å². The Balaban J connectivity index is 1.80. The predicted octanol–water partition coefficient (Wildman–Crippen LogP) is 5.08. The van der Waals surface area contributed by atoms with Gasteiger partial charge in [-0.3, -0.25) is 0 Å². The van der Waals surface area contributed by atoms with Crippen molar-refractivity contribution in [3.05, 3.63) is 23.8 Å². The van der Waals surface area contributed by atoms with Gasteiger partial charge in [-0.05, 0) is 37.0 Å². The molecule has 1 aliphatic rings. The van der Waals surface area contributed by atoms with Crippen LogP contribution in [0.25, 0.3) is 0 Å². The maximum atomic E-state index is 5.88. The fourth-order valence-electron chi connectivity index (χ4n) is 3.22. The number of benzene rings is 1. The van der Waals surface area contributed by atoms with Crippen LogP contribution >= 0.6 is 0 Å². The minimum absolute atomic E-state index is 0.684. The van der Waals surface area contributed by atoms with Gasteiger partial charge in [-0.15, -0.1) is 0 Å². The van der Waals surface area contributed by atoms with E-state index in [1.807, 2.05) is 0 Å². The molecule has 0 aromatic heterocycles. The van der Waals surface area contributed by atoms with Crippen LogP contribution in [0.15, 0.2) is 18.2 Å². The summed E-state index contributed by atoms with van der Waals surface area (Å²) >= 11 is 0. The van der Waals surface area contributed by atoms with Crippen LogP contribution in [0.5, 0.6) is 11.5 Å². The number of rotatable bonds is 10. The Labute approximate surface area is 141 Å². The van der Waals surface area contributed by atoms with Gasteiger partial charge in [0.05, 0.1) is 13.7 Å². The lowest BCUT2D eigenvalue weighted by Crippen LogP contribution is -2.30. The van der Waals surface area contributed by atoms with Gasteiger partial charge in [0.1, 0.15) is 0 Å². The quantitative estimate of drug-likeness (QED) is 0.610. The molecule has 23 heavy (non-hydrogen) atoms. The fraction of sp³-hybridized carbons (Fsp3) is 0.700. The Bertz CT molecular complexity index is 441. The lowest BCUT2D eigenvalue weighted by Gasteiger charge is -2.23. The molecule has 1 N–H and O–H groups in total. The van der Waals surface area contributed by atoms with Gasteiger partial charge in [-0.2, -0.15) is 0 Å². The summed E-state index contributed by atoms with van der Waals surface area (Å²) in [7, 11) is 1.72. The summed E-state index contributed by atoms with van der Waals surface area (Å²) in [5, 5.41) is 3.68. The largest absolute Gasteiger partial charge is 0.493 e. The minimum atomic E-state index is 0.684. The molecular formula is C20H33NO2. The summed E-state index contributed by atoms with van der Waals surface area (Å²) < 4.78 is 11.4. The summed E-state index contributed by atoms with van der Waals surface area (Å²) in [4.78, 5) is 0. The van der Waals surface area contributed by atoms with Crippen molar-refractivity contribution in [3.8, 4) is 11.5 Å². The van der Waals surface area contributed by atoms with Gasteiger partial charge in [0.2, 0.25) is 0 Å². The predicted molar refractivity (Wildman–Crippen MR) is 96.3 cm³/mol. The average molecular weight is 319 g/mol. The monoisotopic (exact) mass is 319 g/mol. The van der Waals surface area contributed by atoms with E-state index in [0.717, 1.165) is 31.1 Å². The van der Waals surface area contributed by atoms with Crippen molar-refractivity contribution in [1.29, 1.82) is 0 Å². The molecule has 0 amide bonds. The van der Waals surface area contributed by atoms with Crippen molar-refractivity contribution >= 4 is 0 Å². The Morgan fingerprint density at radius 1 is 1.04 bits per heavy atom. The van der Waals surface area contributed by atoms with Gasteiger partial charge in [0, 0.05) is 12.6 Å². The van der Waals surface area contributed by atoms with Crippen LogP contribution in [0, 0.1) is 0 Å². The topological polar surface area (TPSA) is 30.5 Å². The van der Waals surface area contributed by atoms with Crippen molar-refractivity contribution in [3.63, 3.8) is 0 Å². The van der Waals surface area contributed by atoms with E-state index in [1.165, 1.54) is 56.9 Å². The Morgan fingerprint density at radius 2 is 1.87 bits per heavy atom. The highest BCUT2D eigenvalue weighted by atomic mass is 16.5. The molecule has 0 heterocycles. The number of methoxy groups -OCH3 is 1. The van der Waals surface area contributed by atoms with Crippen LogP contribution in [0.3, 0.4) is 0 Å². The fourth-order valence-corrected chi connectivity index (χ4v) is 3.22. The zero-order valence-electron chi connectivity index (χ0n) is 14.9. The molecule has 1 aliphatic carbocycles. The van der Waals surface area contributed by atoms with Crippen molar-refractivity contribution < 1.29 is 9.47 Å². The molecule has 1 aromatic rings. The molecular weight excluding hydrogens is 286 g/mol. The second kappa shape index (κ2) is 10.5. The first kappa shape index (κ1) is 18.1. The van der Waals surface area contributed by atoms with E-state index in [0.29, 0.717) is 6.04 Å². The zero-order chi connectivity index (χ0) is 16.3. The van der Waals surface area contributed by atoms with Gasteiger partial charge in [0.25, 0.3) is 0 Å². The summed E-state index contributed by atoms with van der Waals surface area (Å²) in [6.07, 6.45) is 11.7. The molecule has 2 rings (SSSR count). The van der Waals surface area contributed by atoms with Gasteiger partial charge in [-0.25, -0.2) is 0 Å². The number of nitrogens with one attached hydrogen (secondary N) is 1. The third kappa shape index (κ3) is 6.42. The van der Waals surface area contributed by atoms with Gasteiger partial charge < -0.3 is 14.8 Å². The van der Waals surface area contributed by atoms with E-state index in [9.17, 15) is 0 Å². The summed E-state index contributed by atoms with van der Waals surface area (Å²) in [5.41, 5.74) is 1.27. The maximum absolute atomic E-state index is 5.88. The Kier molecular flexibility index (Phi) is 8.30. The molecule has 1 fully saturated rings. The first-order valence-electron chi connectivity index (χ1n) is 9.36. The molecule has 0 unspecified atom stereocenters. The zero-order valence-corrected chi connectivity index (χ0v) is 14.9. The van der Waals surface area contributed by atoms with Gasteiger partial charge in [0.15, 0.2) is 11.5 Å². The smallest absolute Gasteiger partial charge is 0.161 e. The van der Waals surface area contributed by atoms with E-state index in [4.69, 9.17) is 9.47 Å². The van der Waals surface area contributed by atoms with Crippen molar-refractivity contribution in [1.82, 2.24) is 5.32 Å². The molecule has 3 heteroatoms. The summed E-state index contributed by atoms with van der Waals surface area (Å²) in [6.45, 7) is 3.91. The number of hydrogen-bond acceptors (Lipinski definition) is 3. The number of ether oxygens (including phenoxy) is 2. The second-order valence-corrected chi connectivity index (χ2v) is 6.61. The highest BCUT2D eigenvalue weighted by Gasteiger charge is 2.13.